The Bertz CT molecular complexity index is 885. The van der Waals surface area contributed by atoms with Crippen molar-refractivity contribution in [3.63, 3.8) is 0 Å². The molecule has 0 amide bonds. The van der Waals surface area contributed by atoms with Gasteiger partial charge in [-0.25, -0.2) is 0 Å². The third-order valence-electron chi connectivity index (χ3n) is 4.10. The molecule has 0 aliphatic carbocycles. The summed E-state index contributed by atoms with van der Waals surface area (Å²) in [5.74, 6) is -0.362. The zero-order valence-corrected chi connectivity index (χ0v) is 16.2. The van der Waals surface area contributed by atoms with Gasteiger partial charge in [0.05, 0.1) is 6.42 Å². The Morgan fingerprint density at radius 1 is 0.926 bits per heavy atom. The van der Waals surface area contributed by atoms with E-state index in [9.17, 15) is 9.35 Å². The third kappa shape index (κ3) is 5.36. The van der Waals surface area contributed by atoms with Gasteiger partial charge in [0.1, 0.15) is 6.61 Å². The number of hydrogen-bond donors (Lipinski definition) is 0. The first kappa shape index (κ1) is 19.5. The van der Waals surface area contributed by atoms with Gasteiger partial charge in [-0.05, 0) is 16.7 Å². The largest absolute Gasteiger partial charge is 0.610 e. The van der Waals surface area contributed by atoms with Crippen molar-refractivity contribution >= 4 is 28.7 Å². The number of esters is 1. The van der Waals surface area contributed by atoms with Crippen LogP contribution >= 0.6 is 11.6 Å². The van der Waals surface area contributed by atoms with E-state index in [1.54, 1.807) is 0 Å². The molecule has 3 aromatic carbocycles. The molecule has 0 radical (unpaired) electrons. The van der Waals surface area contributed by atoms with E-state index < -0.39 is 11.2 Å². The van der Waals surface area contributed by atoms with Crippen LogP contribution in [0.15, 0.2) is 83.8 Å². The predicted octanol–water partition coefficient (Wildman–Crippen LogP) is 4.94. The number of ether oxygens (including phenoxy) is 1. The minimum atomic E-state index is -1.38. The SMILES string of the molecule is O=C(Cc1ccc(-c2ccccc2)cc1[S+]([O-])CCl)OCc1ccccc1. The van der Waals surface area contributed by atoms with E-state index in [1.165, 1.54) is 0 Å². The number of carbonyl (C=O) groups is 1. The molecule has 0 aromatic heterocycles. The lowest BCUT2D eigenvalue weighted by Crippen LogP contribution is -2.13. The van der Waals surface area contributed by atoms with Gasteiger partial charge >= 0.3 is 5.97 Å². The average Bonchev–Trinajstić information content (AvgIpc) is 2.73. The summed E-state index contributed by atoms with van der Waals surface area (Å²) in [7, 11) is 0. The van der Waals surface area contributed by atoms with Crippen molar-refractivity contribution < 1.29 is 14.1 Å². The highest BCUT2D eigenvalue weighted by atomic mass is 35.5. The average molecular weight is 399 g/mol. The number of rotatable bonds is 7. The number of carbonyl (C=O) groups excluding carboxylic acids is 1. The molecule has 0 aliphatic heterocycles. The molecule has 3 rings (SSSR count). The number of halogens is 1. The number of alkyl halides is 1. The molecule has 0 spiro atoms. The first-order chi connectivity index (χ1) is 13.2. The summed E-state index contributed by atoms with van der Waals surface area (Å²) < 4.78 is 17.8. The van der Waals surface area contributed by atoms with Crippen LogP contribution in [0.4, 0.5) is 0 Å². The normalized spacial score (nSPS) is 11.8. The van der Waals surface area contributed by atoms with Gasteiger partial charge < -0.3 is 9.29 Å². The van der Waals surface area contributed by atoms with E-state index in [0.29, 0.717) is 10.5 Å². The van der Waals surface area contributed by atoms with E-state index in [-0.39, 0.29) is 24.2 Å². The van der Waals surface area contributed by atoms with E-state index in [2.05, 4.69) is 0 Å². The maximum atomic E-state index is 12.4. The van der Waals surface area contributed by atoms with Crippen molar-refractivity contribution in [2.75, 3.05) is 5.21 Å². The van der Waals surface area contributed by atoms with Crippen LogP contribution in [0.1, 0.15) is 11.1 Å². The molecule has 0 saturated carbocycles. The molecule has 0 bridgehead atoms. The van der Waals surface area contributed by atoms with Gasteiger partial charge in [0.15, 0.2) is 10.1 Å². The molecule has 1 atom stereocenters. The summed E-state index contributed by atoms with van der Waals surface area (Å²) in [5, 5.41) is -0.0235. The Labute approximate surface area is 167 Å². The summed E-state index contributed by atoms with van der Waals surface area (Å²) in [6, 6.07) is 24.9. The highest BCUT2D eigenvalue weighted by Crippen LogP contribution is 2.27. The topological polar surface area (TPSA) is 49.4 Å². The van der Waals surface area contributed by atoms with Crippen molar-refractivity contribution in [2.24, 2.45) is 0 Å². The van der Waals surface area contributed by atoms with Crippen molar-refractivity contribution in [2.45, 2.75) is 17.9 Å². The second-order valence-corrected chi connectivity index (χ2v) is 7.97. The van der Waals surface area contributed by atoms with Crippen LogP contribution < -0.4 is 0 Å². The summed E-state index contributed by atoms with van der Waals surface area (Å²) in [6.45, 7) is 0.218. The lowest BCUT2D eigenvalue weighted by Gasteiger charge is -2.14. The minimum Gasteiger partial charge on any atom is -0.610 e. The van der Waals surface area contributed by atoms with Gasteiger partial charge in [-0.15, -0.1) is 0 Å². The van der Waals surface area contributed by atoms with Crippen molar-refractivity contribution in [3.8, 4) is 11.1 Å². The van der Waals surface area contributed by atoms with Gasteiger partial charge in [0, 0.05) is 22.8 Å². The molecule has 0 N–H and O–H groups in total. The highest BCUT2D eigenvalue weighted by molar-refractivity contribution is 7.92. The maximum Gasteiger partial charge on any atom is 0.310 e. The molecule has 27 heavy (non-hydrogen) atoms. The number of hydrogen-bond acceptors (Lipinski definition) is 3. The standard InChI is InChI=1S/C22H19ClO3S/c23-16-27(25)21-13-19(18-9-5-2-6-10-18)11-12-20(21)14-22(24)26-15-17-7-3-1-4-8-17/h1-13H,14-16H2. The van der Waals surface area contributed by atoms with Crippen LogP contribution in [-0.4, -0.2) is 15.7 Å². The third-order valence-corrected chi connectivity index (χ3v) is 5.76. The first-order valence-corrected chi connectivity index (χ1v) is 10.3. The minimum absolute atomic E-state index is 0.0235. The smallest absolute Gasteiger partial charge is 0.310 e. The van der Waals surface area contributed by atoms with Gasteiger partial charge in [-0.1, -0.05) is 84.4 Å². The Morgan fingerprint density at radius 2 is 1.59 bits per heavy atom. The Hall–Kier alpha value is -2.27. The van der Waals surface area contributed by atoms with E-state index in [0.717, 1.165) is 16.7 Å². The van der Waals surface area contributed by atoms with Crippen LogP contribution in [0, 0.1) is 0 Å². The highest BCUT2D eigenvalue weighted by Gasteiger charge is 2.19. The van der Waals surface area contributed by atoms with Crippen molar-refractivity contribution in [1.82, 2.24) is 0 Å². The molecular weight excluding hydrogens is 380 g/mol. The molecule has 0 saturated heterocycles. The number of benzene rings is 3. The monoisotopic (exact) mass is 398 g/mol. The fourth-order valence-electron chi connectivity index (χ4n) is 2.73. The second kappa shape index (κ2) is 9.60. The molecule has 3 aromatic rings. The second-order valence-electron chi connectivity index (χ2n) is 5.97. The lowest BCUT2D eigenvalue weighted by molar-refractivity contribution is -0.144. The fraction of sp³-hybridized carbons (Fsp3) is 0.136. The summed E-state index contributed by atoms with van der Waals surface area (Å²) in [4.78, 5) is 12.8. The molecule has 1 unspecified atom stereocenters. The zero-order valence-electron chi connectivity index (χ0n) is 14.6. The van der Waals surface area contributed by atoms with Gasteiger partial charge in [0.25, 0.3) is 0 Å². The maximum absolute atomic E-state index is 12.4. The quantitative estimate of drug-likeness (QED) is 0.321. The van der Waals surface area contributed by atoms with E-state index >= 15 is 0 Å². The molecule has 0 fully saturated rings. The van der Waals surface area contributed by atoms with E-state index in [4.69, 9.17) is 16.3 Å². The van der Waals surface area contributed by atoms with Crippen molar-refractivity contribution in [3.05, 3.63) is 90.0 Å². The van der Waals surface area contributed by atoms with Crippen molar-refractivity contribution in [1.29, 1.82) is 0 Å². The first-order valence-electron chi connectivity index (χ1n) is 8.49. The van der Waals surface area contributed by atoms with Crippen LogP contribution in [-0.2, 0) is 33.7 Å². The molecule has 0 aliphatic rings. The summed E-state index contributed by atoms with van der Waals surface area (Å²) in [5.41, 5.74) is 3.55. The van der Waals surface area contributed by atoms with Crippen LogP contribution in [0.25, 0.3) is 11.1 Å². The summed E-state index contributed by atoms with van der Waals surface area (Å²) in [6.07, 6.45) is 0.0554. The molecular formula is C22H19ClO3S. The predicted molar refractivity (Wildman–Crippen MR) is 109 cm³/mol. The van der Waals surface area contributed by atoms with E-state index in [1.807, 2.05) is 78.9 Å². The zero-order chi connectivity index (χ0) is 19.1. The fourth-order valence-corrected chi connectivity index (χ4v) is 3.89. The van der Waals surface area contributed by atoms with Gasteiger partial charge in [-0.2, -0.15) is 0 Å². The lowest BCUT2D eigenvalue weighted by atomic mass is 10.0. The molecule has 138 valence electrons. The Morgan fingerprint density at radius 3 is 2.26 bits per heavy atom. The molecule has 3 nitrogen and oxygen atoms in total. The van der Waals surface area contributed by atoms with Crippen LogP contribution in [0.2, 0.25) is 0 Å². The Balaban J connectivity index is 1.76. The van der Waals surface area contributed by atoms with Gasteiger partial charge in [0.2, 0.25) is 0 Å². The van der Waals surface area contributed by atoms with Crippen LogP contribution in [0.5, 0.6) is 0 Å². The molecule has 0 heterocycles. The van der Waals surface area contributed by atoms with Crippen LogP contribution in [0.3, 0.4) is 0 Å². The van der Waals surface area contributed by atoms with Gasteiger partial charge in [-0.3, -0.25) is 4.79 Å². The summed E-state index contributed by atoms with van der Waals surface area (Å²) >= 11 is 4.43. The molecule has 5 heteroatoms. The Kier molecular flexibility index (Phi) is 6.93.